The van der Waals surface area contributed by atoms with Crippen LogP contribution in [-0.2, 0) is 9.47 Å². The second kappa shape index (κ2) is 5.05. The molecule has 0 amide bonds. The molecule has 0 radical (unpaired) electrons. The summed E-state index contributed by atoms with van der Waals surface area (Å²) >= 11 is 0. The number of Topliss-reactive ketones (excluding diaryl/α,β-unsaturated/α-hetero) is 1. The number of hydrogen-bond donors (Lipinski definition) is 0. The molecule has 82 valence electrons. The van der Waals surface area contributed by atoms with Gasteiger partial charge in [0.05, 0.1) is 0 Å². The molecule has 3 nitrogen and oxygen atoms in total. The Bertz CT molecular complexity index is 354. The second-order valence-electron chi connectivity index (χ2n) is 3.42. The topological polar surface area (TPSA) is 35.5 Å². The molecular weight excluding hydrogens is 192 g/mol. The summed E-state index contributed by atoms with van der Waals surface area (Å²) in [6, 6.07) is 5.62. The van der Waals surface area contributed by atoms with Gasteiger partial charge in [-0.3, -0.25) is 4.79 Å². The van der Waals surface area contributed by atoms with Gasteiger partial charge in [0.15, 0.2) is 0 Å². The van der Waals surface area contributed by atoms with E-state index >= 15 is 0 Å². The average molecular weight is 208 g/mol. The first-order valence-electron chi connectivity index (χ1n) is 4.77. The zero-order chi connectivity index (χ0) is 11.4. The highest BCUT2D eigenvalue weighted by atomic mass is 16.7. The van der Waals surface area contributed by atoms with E-state index in [-0.39, 0.29) is 5.78 Å². The highest BCUT2D eigenvalue weighted by Crippen LogP contribution is 2.15. The van der Waals surface area contributed by atoms with Gasteiger partial charge in [-0.05, 0) is 25.0 Å². The Balaban J connectivity index is 3.05. The lowest BCUT2D eigenvalue weighted by Crippen LogP contribution is -2.25. The molecule has 1 rings (SSSR count). The average Bonchev–Trinajstić information content (AvgIpc) is 2.23. The summed E-state index contributed by atoms with van der Waals surface area (Å²) in [6.07, 6.45) is -0.814. The van der Waals surface area contributed by atoms with Gasteiger partial charge in [0.1, 0.15) is 0 Å². The zero-order valence-electron chi connectivity index (χ0n) is 9.53. The van der Waals surface area contributed by atoms with Crippen LogP contribution in [0.5, 0.6) is 0 Å². The van der Waals surface area contributed by atoms with Gasteiger partial charge in [0.25, 0.3) is 0 Å². The van der Waals surface area contributed by atoms with Crippen LogP contribution in [0.25, 0.3) is 0 Å². The molecule has 15 heavy (non-hydrogen) atoms. The van der Waals surface area contributed by atoms with Crippen molar-refractivity contribution in [1.82, 2.24) is 0 Å². The molecule has 0 fully saturated rings. The summed E-state index contributed by atoms with van der Waals surface area (Å²) in [4.78, 5) is 11.9. The van der Waals surface area contributed by atoms with Crippen molar-refractivity contribution in [2.24, 2.45) is 0 Å². The van der Waals surface area contributed by atoms with Crippen molar-refractivity contribution in [2.75, 3.05) is 14.2 Å². The molecule has 0 atom stereocenters. The number of aryl methyl sites for hydroxylation is 1. The van der Waals surface area contributed by atoms with Gasteiger partial charge in [-0.25, -0.2) is 0 Å². The summed E-state index contributed by atoms with van der Waals surface area (Å²) in [5.41, 5.74) is 2.72. The van der Waals surface area contributed by atoms with E-state index in [4.69, 9.17) is 9.47 Å². The van der Waals surface area contributed by atoms with Crippen molar-refractivity contribution in [3.8, 4) is 0 Å². The van der Waals surface area contributed by atoms with E-state index in [0.717, 1.165) is 11.1 Å². The van der Waals surface area contributed by atoms with Crippen LogP contribution in [0.4, 0.5) is 0 Å². The summed E-state index contributed by atoms with van der Waals surface area (Å²) in [6.45, 7) is 3.89. The van der Waals surface area contributed by atoms with Crippen LogP contribution >= 0.6 is 0 Å². The number of benzene rings is 1. The molecule has 0 heterocycles. The Morgan fingerprint density at radius 3 is 2.33 bits per heavy atom. The van der Waals surface area contributed by atoms with Gasteiger partial charge < -0.3 is 9.47 Å². The van der Waals surface area contributed by atoms with Crippen molar-refractivity contribution < 1.29 is 14.3 Å². The molecular formula is C12H16O3. The Hall–Kier alpha value is -1.19. The third-order valence-electron chi connectivity index (χ3n) is 2.51. The van der Waals surface area contributed by atoms with Crippen LogP contribution in [0, 0.1) is 13.8 Å². The van der Waals surface area contributed by atoms with Gasteiger partial charge in [-0.15, -0.1) is 0 Å². The highest BCUT2D eigenvalue weighted by Gasteiger charge is 2.20. The quantitative estimate of drug-likeness (QED) is 0.561. The molecule has 0 aliphatic rings. The van der Waals surface area contributed by atoms with E-state index in [9.17, 15) is 4.79 Å². The summed E-state index contributed by atoms with van der Waals surface area (Å²) < 4.78 is 9.88. The maximum atomic E-state index is 11.9. The van der Waals surface area contributed by atoms with Gasteiger partial charge >= 0.3 is 0 Å². The van der Waals surface area contributed by atoms with Gasteiger partial charge in [-0.1, -0.05) is 18.2 Å². The molecule has 0 unspecified atom stereocenters. The predicted molar refractivity (Wildman–Crippen MR) is 58.1 cm³/mol. The molecule has 1 aromatic carbocycles. The maximum Gasteiger partial charge on any atom is 0.222 e. The molecule has 0 aromatic heterocycles. The van der Waals surface area contributed by atoms with Crippen molar-refractivity contribution in [1.29, 1.82) is 0 Å². The van der Waals surface area contributed by atoms with E-state index in [1.54, 1.807) is 6.07 Å². The molecule has 0 saturated heterocycles. The van der Waals surface area contributed by atoms with E-state index in [0.29, 0.717) is 5.56 Å². The molecule has 0 aliphatic carbocycles. The Morgan fingerprint density at radius 1 is 1.20 bits per heavy atom. The van der Waals surface area contributed by atoms with Crippen LogP contribution < -0.4 is 0 Å². The molecule has 0 spiro atoms. The normalized spacial score (nSPS) is 10.7. The highest BCUT2D eigenvalue weighted by molar-refractivity contribution is 6.00. The minimum Gasteiger partial charge on any atom is -0.349 e. The Kier molecular flexibility index (Phi) is 4.00. The zero-order valence-corrected chi connectivity index (χ0v) is 9.53. The molecule has 1 aromatic rings. The number of ketones is 1. The molecule has 0 N–H and O–H groups in total. The minimum atomic E-state index is -0.814. The number of carbonyl (C=O) groups excluding carboxylic acids is 1. The number of rotatable bonds is 4. The summed E-state index contributed by atoms with van der Waals surface area (Å²) in [5, 5.41) is 0. The molecule has 0 bridgehead atoms. The standard InChI is InChI=1S/C12H16O3/c1-8-6-5-7-10(9(8)2)11(13)12(14-3)15-4/h5-7,12H,1-4H3. The largest absolute Gasteiger partial charge is 0.349 e. The lowest BCUT2D eigenvalue weighted by atomic mass is 10.00. The van der Waals surface area contributed by atoms with Crippen LogP contribution in [0.2, 0.25) is 0 Å². The lowest BCUT2D eigenvalue weighted by molar-refractivity contribution is -0.0742. The van der Waals surface area contributed by atoms with Crippen LogP contribution in [0.15, 0.2) is 18.2 Å². The molecule has 3 heteroatoms. The van der Waals surface area contributed by atoms with E-state index < -0.39 is 6.29 Å². The number of hydrogen-bond acceptors (Lipinski definition) is 3. The van der Waals surface area contributed by atoms with Crippen molar-refractivity contribution in [3.05, 3.63) is 34.9 Å². The Morgan fingerprint density at radius 2 is 1.80 bits per heavy atom. The third-order valence-corrected chi connectivity index (χ3v) is 2.51. The van der Waals surface area contributed by atoms with Gasteiger partial charge in [0, 0.05) is 19.8 Å². The van der Waals surface area contributed by atoms with E-state index in [1.807, 2.05) is 26.0 Å². The molecule has 0 aliphatic heterocycles. The fourth-order valence-electron chi connectivity index (χ4n) is 1.46. The monoisotopic (exact) mass is 208 g/mol. The van der Waals surface area contributed by atoms with Crippen molar-refractivity contribution >= 4 is 5.78 Å². The minimum absolute atomic E-state index is 0.138. The summed E-state index contributed by atoms with van der Waals surface area (Å²) in [7, 11) is 2.91. The van der Waals surface area contributed by atoms with Crippen molar-refractivity contribution in [3.63, 3.8) is 0 Å². The summed E-state index contributed by atoms with van der Waals surface area (Å²) in [5.74, 6) is -0.138. The van der Waals surface area contributed by atoms with Crippen LogP contribution in [0.1, 0.15) is 21.5 Å². The SMILES string of the molecule is COC(OC)C(=O)c1cccc(C)c1C. The third kappa shape index (κ3) is 2.43. The van der Waals surface area contributed by atoms with Crippen molar-refractivity contribution in [2.45, 2.75) is 20.1 Å². The first kappa shape index (κ1) is 11.9. The number of carbonyl (C=O) groups is 1. The van der Waals surface area contributed by atoms with Crippen LogP contribution in [0.3, 0.4) is 0 Å². The predicted octanol–water partition coefficient (Wildman–Crippen LogP) is 2.11. The van der Waals surface area contributed by atoms with Gasteiger partial charge in [-0.2, -0.15) is 0 Å². The molecule has 0 saturated carbocycles. The number of ether oxygens (including phenoxy) is 2. The second-order valence-corrected chi connectivity index (χ2v) is 3.42. The maximum absolute atomic E-state index is 11.9. The number of methoxy groups -OCH3 is 2. The van der Waals surface area contributed by atoms with Crippen LogP contribution in [-0.4, -0.2) is 26.3 Å². The first-order chi connectivity index (χ1) is 7.11. The van der Waals surface area contributed by atoms with E-state index in [2.05, 4.69) is 0 Å². The fourth-order valence-corrected chi connectivity index (χ4v) is 1.46. The van der Waals surface area contributed by atoms with Gasteiger partial charge in [0.2, 0.25) is 12.1 Å². The lowest BCUT2D eigenvalue weighted by Gasteiger charge is -2.14. The smallest absolute Gasteiger partial charge is 0.222 e. The van der Waals surface area contributed by atoms with E-state index in [1.165, 1.54) is 14.2 Å². The Labute approximate surface area is 90.0 Å². The first-order valence-corrected chi connectivity index (χ1v) is 4.77. The fraction of sp³-hybridized carbons (Fsp3) is 0.417.